The van der Waals surface area contributed by atoms with Crippen molar-refractivity contribution in [1.29, 1.82) is 0 Å². The zero-order valence-corrected chi connectivity index (χ0v) is 10.4. The number of halogens is 5. The minimum Gasteiger partial charge on any atom is -0.204 e. The van der Waals surface area contributed by atoms with Crippen molar-refractivity contribution in [2.24, 2.45) is 0 Å². The minimum atomic E-state index is -4.07. The quantitative estimate of drug-likeness (QED) is 0.563. The van der Waals surface area contributed by atoms with Gasteiger partial charge >= 0.3 is 12.3 Å². The molecule has 0 amide bonds. The molecular weight excluding hydrogens is 288 g/mol. The van der Waals surface area contributed by atoms with Crippen LogP contribution >= 0.6 is 15.9 Å². The summed E-state index contributed by atoms with van der Waals surface area (Å²) in [5, 5.41) is 0. The number of rotatable bonds is 3. The molecule has 0 saturated carbocycles. The molecule has 0 N–H and O–H groups in total. The molecule has 0 fully saturated rings. The first-order chi connectivity index (χ1) is 7.26. The highest BCUT2D eigenvalue weighted by molar-refractivity contribution is 9.09. The second-order valence-corrected chi connectivity index (χ2v) is 4.61. The Morgan fingerprint density at radius 2 is 1.75 bits per heavy atom. The lowest BCUT2D eigenvalue weighted by Gasteiger charge is -2.23. The molecule has 0 radical (unpaired) electrons. The molecule has 1 aromatic rings. The lowest BCUT2D eigenvalue weighted by Crippen LogP contribution is -2.31. The van der Waals surface area contributed by atoms with Gasteiger partial charge in [-0.25, -0.2) is 8.78 Å². The molecule has 0 spiro atoms. The van der Waals surface area contributed by atoms with Crippen LogP contribution in [0.3, 0.4) is 0 Å². The monoisotopic (exact) mass is 298 g/mol. The minimum absolute atomic E-state index is 0.199. The van der Waals surface area contributed by atoms with Gasteiger partial charge in [0.15, 0.2) is 0 Å². The van der Waals surface area contributed by atoms with Gasteiger partial charge in [-0.15, -0.1) is 0 Å². The van der Waals surface area contributed by atoms with Crippen LogP contribution in [0.25, 0.3) is 0 Å². The van der Waals surface area contributed by atoms with Crippen molar-refractivity contribution in [2.75, 3.05) is 0 Å². The summed E-state index contributed by atoms with van der Waals surface area (Å²) in [6, 6.07) is 4.88. The van der Waals surface area contributed by atoms with E-state index in [0.29, 0.717) is 5.56 Å². The first kappa shape index (κ1) is 13.5. The number of benzene rings is 1. The Labute approximate surface area is 99.8 Å². The summed E-state index contributed by atoms with van der Waals surface area (Å²) in [5.41, 5.74) is 1.52. The number of hydrogen-bond donors (Lipinski definition) is 0. The van der Waals surface area contributed by atoms with Gasteiger partial charge in [-0.3, -0.25) is 0 Å². The van der Waals surface area contributed by atoms with Crippen molar-refractivity contribution in [3.8, 4) is 0 Å². The zero-order valence-electron chi connectivity index (χ0n) is 8.78. The Bertz CT molecular complexity index is 376. The lowest BCUT2D eigenvalue weighted by molar-refractivity contribution is -0.127. The summed E-state index contributed by atoms with van der Waals surface area (Å²) in [5.74, 6) is -4.07. The van der Waals surface area contributed by atoms with E-state index in [1.54, 1.807) is 26.0 Å². The van der Waals surface area contributed by atoms with Gasteiger partial charge < -0.3 is 0 Å². The fourth-order valence-corrected chi connectivity index (χ4v) is 2.04. The van der Waals surface area contributed by atoms with E-state index in [0.717, 1.165) is 5.56 Å². The van der Waals surface area contributed by atoms with E-state index in [1.807, 2.05) is 0 Å². The molecule has 0 aliphatic heterocycles. The largest absolute Gasteiger partial charge is 0.323 e. The van der Waals surface area contributed by atoms with Crippen LogP contribution in [0.4, 0.5) is 17.6 Å². The summed E-state index contributed by atoms with van der Waals surface area (Å²) < 4.78 is 50.7. The molecular formula is C11H11BrF4. The van der Waals surface area contributed by atoms with Gasteiger partial charge in [-0.05, 0) is 25.0 Å². The van der Waals surface area contributed by atoms with Crippen molar-refractivity contribution < 1.29 is 17.6 Å². The maximum Gasteiger partial charge on any atom is 0.323 e. The van der Waals surface area contributed by atoms with Gasteiger partial charge in [0.1, 0.15) is 4.83 Å². The molecule has 1 aromatic carbocycles. The van der Waals surface area contributed by atoms with Gasteiger partial charge in [0, 0.05) is 0 Å². The normalized spacial score (nSPS) is 14.2. The fraction of sp³-hybridized carbons (Fsp3) is 0.455. The van der Waals surface area contributed by atoms with Crippen LogP contribution < -0.4 is 0 Å². The highest BCUT2D eigenvalue weighted by atomic mass is 79.9. The molecule has 0 aliphatic rings. The van der Waals surface area contributed by atoms with E-state index in [1.165, 1.54) is 6.07 Å². The topological polar surface area (TPSA) is 0 Å². The van der Waals surface area contributed by atoms with Crippen molar-refractivity contribution >= 4 is 15.9 Å². The van der Waals surface area contributed by atoms with Gasteiger partial charge in [-0.2, -0.15) is 8.78 Å². The average molecular weight is 299 g/mol. The Hall–Kier alpha value is -0.580. The molecule has 1 atom stereocenters. The van der Waals surface area contributed by atoms with Crippen molar-refractivity contribution in [1.82, 2.24) is 0 Å². The number of alkyl halides is 5. The SMILES string of the molecule is Cc1ccc(C)c(C(Br)C(F)(F)C(F)F)c1. The van der Waals surface area contributed by atoms with Crippen LogP contribution in [0.15, 0.2) is 18.2 Å². The second-order valence-electron chi connectivity index (χ2n) is 3.70. The van der Waals surface area contributed by atoms with Crippen LogP contribution in [0, 0.1) is 13.8 Å². The molecule has 1 unspecified atom stereocenters. The predicted molar refractivity (Wildman–Crippen MR) is 58.5 cm³/mol. The molecule has 5 heteroatoms. The van der Waals surface area contributed by atoms with Crippen molar-refractivity contribution in [2.45, 2.75) is 31.0 Å². The van der Waals surface area contributed by atoms with Crippen LogP contribution in [-0.4, -0.2) is 12.3 Å². The molecule has 0 saturated heterocycles. The molecule has 16 heavy (non-hydrogen) atoms. The van der Waals surface area contributed by atoms with Crippen LogP contribution in [0.2, 0.25) is 0 Å². The van der Waals surface area contributed by atoms with Crippen molar-refractivity contribution in [3.05, 3.63) is 34.9 Å². The third-order valence-corrected chi connectivity index (χ3v) is 3.44. The van der Waals surface area contributed by atoms with Crippen LogP contribution in [-0.2, 0) is 0 Å². The number of hydrogen-bond acceptors (Lipinski definition) is 0. The third kappa shape index (κ3) is 2.56. The molecule has 0 heterocycles. The maximum absolute atomic E-state index is 13.1. The van der Waals surface area contributed by atoms with E-state index in [4.69, 9.17) is 0 Å². The smallest absolute Gasteiger partial charge is 0.204 e. The summed E-state index contributed by atoms with van der Waals surface area (Å²) in [4.78, 5) is -1.67. The van der Waals surface area contributed by atoms with E-state index < -0.39 is 17.2 Å². The van der Waals surface area contributed by atoms with E-state index >= 15 is 0 Å². The van der Waals surface area contributed by atoms with Gasteiger partial charge in [0.25, 0.3) is 0 Å². The zero-order chi connectivity index (χ0) is 12.5. The molecule has 1 rings (SSSR count). The highest BCUT2D eigenvalue weighted by Gasteiger charge is 2.48. The summed E-state index contributed by atoms with van der Waals surface area (Å²) in [6.45, 7) is 3.34. The van der Waals surface area contributed by atoms with Gasteiger partial charge in [0.05, 0.1) is 0 Å². The van der Waals surface area contributed by atoms with E-state index in [9.17, 15) is 17.6 Å². The maximum atomic E-state index is 13.1. The Balaban J connectivity index is 3.14. The second kappa shape index (κ2) is 4.73. The summed E-state index contributed by atoms with van der Waals surface area (Å²) >= 11 is 2.66. The Kier molecular flexibility index (Phi) is 3.99. The van der Waals surface area contributed by atoms with Crippen LogP contribution in [0.1, 0.15) is 21.5 Å². The van der Waals surface area contributed by atoms with Gasteiger partial charge in [0.2, 0.25) is 0 Å². The molecule has 90 valence electrons. The Morgan fingerprint density at radius 1 is 1.19 bits per heavy atom. The van der Waals surface area contributed by atoms with Crippen molar-refractivity contribution in [3.63, 3.8) is 0 Å². The molecule has 0 bridgehead atoms. The standard InChI is InChI=1S/C11H11BrF4/c1-6-3-4-7(2)8(5-6)9(12)11(15,16)10(13)14/h3-5,9-10H,1-2H3. The Morgan fingerprint density at radius 3 is 2.25 bits per heavy atom. The summed E-state index contributed by atoms with van der Waals surface area (Å²) in [7, 11) is 0. The summed E-state index contributed by atoms with van der Waals surface area (Å²) in [6.07, 6.45) is -3.68. The molecule has 0 nitrogen and oxygen atoms in total. The fourth-order valence-electron chi connectivity index (χ4n) is 1.35. The lowest BCUT2D eigenvalue weighted by atomic mass is 10.00. The first-order valence-electron chi connectivity index (χ1n) is 4.64. The van der Waals surface area contributed by atoms with E-state index in [2.05, 4.69) is 15.9 Å². The first-order valence-corrected chi connectivity index (χ1v) is 5.55. The van der Waals surface area contributed by atoms with E-state index in [-0.39, 0.29) is 5.56 Å². The highest BCUT2D eigenvalue weighted by Crippen LogP contribution is 2.43. The molecule has 0 aromatic heterocycles. The average Bonchev–Trinajstić information content (AvgIpc) is 2.20. The van der Waals surface area contributed by atoms with Gasteiger partial charge in [-0.1, -0.05) is 39.7 Å². The number of aryl methyl sites for hydroxylation is 2. The van der Waals surface area contributed by atoms with Crippen LogP contribution in [0.5, 0.6) is 0 Å². The third-order valence-electron chi connectivity index (χ3n) is 2.34. The predicted octanol–water partition coefficient (Wildman–Crippen LogP) is 4.64. The molecule has 0 aliphatic carbocycles.